The van der Waals surface area contributed by atoms with Crippen molar-refractivity contribution in [1.29, 1.82) is 0 Å². The van der Waals surface area contributed by atoms with Gasteiger partial charge in [-0.1, -0.05) is 11.8 Å². The maximum absolute atomic E-state index is 11.4. The van der Waals surface area contributed by atoms with Crippen molar-refractivity contribution in [3.63, 3.8) is 0 Å². The molecule has 0 unspecified atom stereocenters. The first kappa shape index (κ1) is 15.4. The van der Waals surface area contributed by atoms with Gasteiger partial charge in [0.25, 0.3) is 5.78 Å². The molecule has 0 N–H and O–H groups in total. The van der Waals surface area contributed by atoms with Crippen LogP contribution in [0, 0.1) is 0 Å². The van der Waals surface area contributed by atoms with Crippen LogP contribution in [0.5, 0.6) is 0 Å². The fraction of sp³-hybridized carbons (Fsp3) is 0.182. The van der Waals surface area contributed by atoms with Gasteiger partial charge in [0.15, 0.2) is 0 Å². The Labute approximate surface area is 111 Å². The van der Waals surface area contributed by atoms with Gasteiger partial charge >= 0.3 is 24.8 Å². The minimum absolute atomic E-state index is 0. The molecule has 6 heteroatoms. The van der Waals surface area contributed by atoms with E-state index in [0.29, 0.717) is 6.08 Å². The molecule has 1 rings (SSSR count). The van der Waals surface area contributed by atoms with Gasteiger partial charge in [0, 0.05) is 12.4 Å². The van der Waals surface area contributed by atoms with E-state index in [9.17, 15) is 14.7 Å². The van der Waals surface area contributed by atoms with Gasteiger partial charge in [-0.05, 0) is 24.6 Å². The summed E-state index contributed by atoms with van der Waals surface area (Å²) in [6.45, 7) is 1.67. The molecule has 0 bridgehead atoms. The second-order valence-electron chi connectivity index (χ2n) is 2.84. The van der Waals surface area contributed by atoms with Crippen molar-refractivity contribution in [2.75, 3.05) is 6.61 Å². The molecule has 1 aromatic rings. The summed E-state index contributed by atoms with van der Waals surface area (Å²) in [7, 11) is 0. The first-order valence-electron chi connectivity index (χ1n) is 4.65. The maximum atomic E-state index is 11.4. The van der Waals surface area contributed by atoms with Gasteiger partial charge in [0.1, 0.15) is 0 Å². The van der Waals surface area contributed by atoms with Crippen molar-refractivity contribution < 1.29 is 38.3 Å². The smallest absolute Gasteiger partial charge is 0.872 e. The predicted octanol–water partition coefficient (Wildman–Crippen LogP) is -3.08. The van der Waals surface area contributed by atoms with Gasteiger partial charge in [-0.2, -0.15) is 0 Å². The zero-order valence-electron chi connectivity index (χ0n) is 9.67. The minimum atomic E-state index is -1.03. The fourth-order valence-electron chi connectivity index (χ4n) is 0.972. The molecule has 1 heterocycles. The number of pyridine rings is 1. The fourth-order valence-corrected chi connectivity index (χ4v) is 0.972. The Morgan fingerprint density at radius 1 is 1.53 bits per heavy atom. The molecule has 0 aliphatic heterocycles. The Morgan fingerprint density at radius 2 is 2.24 bits per heavy atom. The largest absolute Gasteiger partial charge is 1.00 e. The molecule has 5 nitrogen and oxygen atoms in total. The second-order valence-corrected chi connectivity index (χ2v) is 2.84. The maximum Gasteiger partial charge on any atom is 1.00 e. The summed E-state index contributed by atoms with van der Waals surface area (Å²) in [4.78, 5) is 25.8. The second kappa shape index (κ2) is 7.66. The van der Waals surface area contributed by atoms with E-state index in [1.54, 1.807) is 13.0 Å². The quantitative estimate of drug-likeness (QED) is 0.179. The molecule has 0 aliphatic rings. The number of ketones is 1. The van der Waals surface area contributed by atoms with Crippen LogP contribution in [0.15, 0.2) is 30.6 Å². The molecule has 0 aliphatic carbocycles. The third-order valence-electron chi connectivity index (χ3n) is 1.68. The SMILES string of the molecule is CCOC(=O)C(=O)C=C([O-])c1cccnc1.[Li+]. The van der Waals surface area contributed by atoms with Crippen LogP contribution < -0.4 is 24.0 Å². The monoisotopic (exact) mass is 227 g/mol. The molecule has 0 atom stereocenters. The van der Waals surface area contributed by atoms with E-state index in [-0.39, 0.29) is 31.0 Å². The van der Waals surface area contributed by atoms with Gasteiger partial charge in [0.05, 0.1) is 6.61 Å². The van der Waals surface area contributed by atoms with Crippen molar-refractivity contribution in [2.24, 2.45) is 0 Å². The summed E-state index contributed by atoms with van der Waals surface area (Å²) in [6, 6.07) is 3.07. The van der Waals surface area contributed by atoms with Gasteiger partial charge in [-0.3, -0.25) is 9.78 Å². The Morgan fingerprint density at radius 3 is 2.76 bits per heavy atom. The number of hydrogen-bond donors (Lipinski definition) is 0. The molecule has 17 heavy (non-hydrogen) atoms. The first-order valence-corrected chi connectivity index (χ1v) is 4.65. The van der Waals surface area contributed by atoms with Crippen molar-refractivity contribution in [3.8, 4) is 0 Å². The summed E-state index contributed by atoms with van der Waals surface area (Å²) in [5, 5.41) is 11.4. The first-order chi connectivity index (χ1) is 7.65. The zero-order valence-corrected chi connectivity index (χ0v) is 9.67. The van der Waals surface area contributed by atoms with Crippen LogP contribution in [-0.2, 0) is 14.3 Å². The summed E-state index contributed by atoms with van der Waals surface area (Å²) in [6.07, 6.45) is 3.52. The van der Waals surface area contributed by atoms with Crippen LogP contribution in [0.3, 0.4) is 0 Å². The number of rotatable bonds is 4. The number of carbonyl (C=O) groups excluding carboxylic acids is 2. The number of nitrogens with zero attached hydrogens (tertiary/aromatic N) is 1. The van der Waals surface area contributed by atoms with Crippen molar-refractivity contribution in [1.82, 2.24) is 4.98 Å². The van der Waals surface area contributed by atoms with Gasteiger partial charge in [-0.15, -0.1) is 0 Å². The molecule has 84 valence electrons. The summed E-state index contributed by atoms with van der Waals surface area (Å²) < 4.78 is 4.45. The van der Waals surface area contributed by atoms with Crippen LogP contribution >= 0.6 is 0 Å². The molecular formula is C11H10LiNO4. The number of ether oxygens (including phenoxy) is 1. The Kier molecular flexibility index (Phi) is 6.95. The van der Waals surface area contributed by atoms with E-state index < -0.39 is 17.5 Å². The molecule has 0 amide bonds. The predicted molar refractivity (Wildman–Crippen MR) is 53.9 cm³/mol. The number of carbonyl (C=O) groups is 2. The van der Waals surface area contributed by atoms with Crippen LogP contribution in [0.2, 0.25) is 0 Å². The van der Waals surface area contributed by atoms with E-state index in [1.165, 1.54) is 18.5 Å². The van der Waals surface area contributed by atoms with Gasteiger partial charge < -0.3 is 9.84 Å². The molecule has 0 fully saturated rings. The Balaban J connectivity index is 0.00000256. The van der Waals surface area contributed by atoms with Crippen LogP contribution in [0.4, 0.5) is 0 Å². The third-order valence-corrected chi connectivity index (χ3v) is 1.68. The molecule has 1 aromatic heterocycles. The summed E-state index contributed by atoms with van der Waals surface area (Å²) in [5.74, 6) is -2.55. The summed E-state index contributed by atoms with van der Waals surface area (Å²) >= 11 is 0. The molecule has 0 aromatic carbocycles. The van der Waals surface area contributed by atoms with Crippen LogP contribution in [0.25, 0.3) is 5.76 Å². The van der Waals surface area contributed by atoms with E-state index >= 15 is 0 Å². The topological polar surface area (TPSA) is 79.3 Å². The third kappa shape index (κ3) is 4.85. The molecular weight excluding hydrogens is 217 g/mol. The normalized spacial score (nSPS) is 10.3. The summed E-state index contributed by atoms with van der Waals surface area (Å²) in [5.41, 5.74) is 0.250. The van der Waals surface area contributed by atoms with Crippen molar-refractivity contribution in [2.45, 2.75) is 6.92 Å². The van der Waals surface area contributed by atoms with E-state index in [0.717, 1.165) is 0 Å². The van der Waals surface area contributed by atoms with Crippen LogP contribution in [-0.4, -0.2) is 23.3 Å². The average Bonchev–Trinajstić information content (AvgIpc) is 2.30. The van der Waals surface area contributed by atoms with Crippen molar-refractivity contribution >= 4 is 17.5 Å². The van der Waals surface area contributed by atoms with Crippen molar-refractivity contribution in [3.05, 3.63) is 36.2 Å². The molecule has 0 saturated heterocycles. The number of hydrogen-bond acceptors (Lipinski definition) is 5. The van der Waals surface area contributed by atoms with E-state index in [1.807, 2.05) is 0 Å². The number of esters is 1. The number of aromatic nitrogens is 1. The van der Waals surface area contributed by atoms with Gasteiger partial charge in [0.2, 0.25) is 0 Å². The standard InChI is InChI=1S/C11H11NO4.Li/c1-2-16-11(15)10(14)6-9(13)8-4-3-5-12-7-8;/h3-7,13H,2H2,1H3;/q;+1/p-1. The van der Waals surface area contributed by atoms with Crippen LogP contribution in [0.1, 0.15) is 12.5 Å². The van der Waals surface area contributed by atoms with E-state index in [4.69, 9.17) is 0 Å². The van der Waals surface area contributed by atoms with Gasteiger partial charge in [-0.25, -0.2) is 4.79 Å². The molecule has 0 radical (unpaired) electrons. The molecule has 0 saturated carbocycles. The zero-order chi connectivity index (χ0) is 12.0. The minimum Gasteiger partial charge on any atom is -0.872 e. The Bertz CT molecular complexity index is 417. The Hall–Kier alpha value is -1.57. The molecule has 0 spiro atoms. The average molecular weight is 227 g/mol. The van der Waals surface area contributed by atoms with E-state index in [2.05, 4.69) is 9.72 Å².